The number of ketones is 1. The second-order valence-electron chi connectivity index (χ2n) is 10.9. The predicted octanol–water partition coefficient (Wildman–Crippen LogP) is 1.64. The van der Waals surface area contributed by atoms with Crippen molar-refractivity contribution in [1.29, 1.82) is 0 Å². The van der Waals surface area contributed by atoms with Gasteiger partial charge in [-0.2, -0.15) is 4.31 Å². The molecule has 0 spiro atoms. The number of Topliss-reactive ketones (excluding diaryl/α,β-unsaturated/α-hetero) is 1. The van der Waals surface area contributed by atoms with E-state index in [1.807, 2.05) is 44.2 Å². The summed E-state index contributed by atoms with van der Waals surface area (Å²) in [6.45, 7) is 3.88. The average Bonchev–Trinajstić information content (AvgIpc) is 3.20. The van der Waals surface area contributed by atoms with E-state index in [1.54, 1.807) is 17.0 Å². The van der Waals surface area contributed by atoms with E-state index in [1.165, 1.54) is 12.3 Å². The van der Waals surface area contributed by atoms with Gasteiger partial charge >= 0.3 is 0 Å². The maximum atomic E-state index is 13.4. The highest BCUT2D eigenvalue weighted by molar-refractivity contribution is 7.89. The number of hydrogen-bond donors (Lipinski definition) is 2. The van der Waals surface area contributed by atoms with Crippen LogP contribution < -0.4 is 10.6 Å². The topological polar surface area (TPSA) is 146 Å². The molecule has 1 unspecified atom stereocenters. The van der Waals surface area contributed by atoms with E-state index in [-0.39, 0.29) is 42.8 Å². The number of carbonyl (C=O) groups excluding carboxylic acids is 4. The fourth-order valence-corrected chi connectivity index (χ4v) is 6.59. The minimum absolute atomic E-state index is 0.0560. The van der Waals surface area contributed by atoms with Crippen LogP contribution in [0.2, 0.25) is 0 Å². The lowest BCUT2D eigenvalue weighted by molar-refractivity contribution is -0.137. The van der Waals surface area contributed by atoms with E-state index < -0.39 is 45.7 Å². The lowest BCUT2D eigenvalue weighted by Gasteiger charge is -2.28. The lowest BCUT2D eigenvalue weighted by atomic mass is 10.0. The third kappa shape index (κ3) is 7.56. The molecule has 1 aromatic carbocycles. The van der Waals surface area contributed by atoms with Crippen LogP contribution in [-0.2, 0) is 35.7 Å². The molecule has 3 amide bonds. The Morgan fingerprint density at radius 3 is 2.46 bits per heavy atom. The summed E-state index contributed by atoms with van der Waals surface area (Å²) in [7, 11) is -3.96. The highest BCUT2D eigenvalue weighted by Crippen LogP contribution is 2.23. The minimum atomic E-state index is -3.96. The fourth-order valence-electron chi connectivity index (χ4n) is 5.21. The first-order chi connectivity index (χ1) is 19.6. The van der Waals surface area contributed by atoms with Crippen molar-refractivity contribution in [2.45, 2.75) is 75.6 Å². The van der Waals surface area contributed by atoms with Gasteiger partial charge in [0.25, 0.3) is 10.0 Å². The predicted molar refractivity (Wildman–Crippen MR) is 151 cm³/mol. The molecule has 0 bridgehead atoms. The van der Waals surface area contributed by atoms with E-state index in [0.29, 0.717) is 25.8 Å². The zero-order valence-electron chi connectivity index (χ0n) is 23.4. The van der Waals surface area contributed by atoms with Crippen molar-refractivity contribution < 1.29 is 27.6 Å². The molecular weight excluding hydrogens is 546 g/mol. The monoisotopic (exact) mass is 583 g/mol. The van der Waals surface area contributed by atoms with Gasteiger partial charge in [-0.15, -0.1) is 0 Å². The van der Waals surface area contributed by atoms with E-state index in [0.717, 1.165) is 9.87 Å². The normalized spacial score (nSPS) is 21.0. The Hall–Kier alpha value is -3.64. The van der Waals surface area contributed by atoms with Crippen LogP contribution in [0.15, 0.2) is 59.8 Å². The van der Waals surface area contributed by atoms with Crippen molar-refractivity contribution in [3.8, 4) is 0 Å². The van der Waals surface area contributed by atoms with E-state index in [4.69, 9.17) is 0 Å². The molecule has 220 valence electrons. The first-order valence-corrected chi connectivity index (χ1v) is 15.4. The summed E-state index contributed by atoms with van der Waals surface area (Å²) in [5.74, 6) is -1.41. The van der Waals surface area contributed by atoms with Crippen molar-refractivity contribution in [3.63, 3.8) is 0 Å². The Morgan fingerprint density at radius 2 is 1.78 bits per heavy atom. The third-order valence-corrected chi connectivity index (χ3v) is 9.11. The van der Waals surface area contributed by atoms with Gasteiger partial charge in [-0.3, -0.25) is 19.2 Å². The quantitative estimate of drug-likeness (QED) is 0.432. The van der Waals surface area contributed by atoms with Gasteiger partial charge in [0.15, 0.2) is 10.8 Å². The van der Waals surface area contributed by atoms with Gasteiger partial charge in [0.2, 0.25) is 17.7 Å². The van der Waals surface area contributed by atoms with Crippen LogP contribution in [0.25, 0.3) is 0 Å². The molecular formula is C29H37N5O6S. The van der Waals surface area contributed by atoms with Gasteiger partial charge in [0.1, 0.15) is 12.1 Å². The van der Waals surface area contributed by atoms with Crippen molar-refractivity contribution in [3.05, 3.63) is 60.3 Å². The smallest absolute Gasteiger partial charge is 0.260 e. The van der Waals surface area contributed by atoms with Crippen LogP contribution in [0.4, 0.5) is 0 Å². The number of pyridine rings is 1. The molecule has 3 atom stereocenters. The summed E-state index contributed by atoms with van der Waals surface area (Å²) in [4.78, 5) is 57.9. The molecule has 2 N–H and O–H groups in total. The van der Waals surface area contributed by atoms with Gasteiger partial charge in [-0.05, 0) is 49.3 Å². The highest BCUT2D eigenvalue weighted by Gasteiger charge is 2.39. The number of likely N-dealkylation sites (tertiary alicyclic amines) is 1. The van der Waals surface area contributed by atoms with Gasteiger partial charge < -0.3 is 15.5 Å². The maximum absolute atomic E-state index is 13.4. The number of sulfonamides is 1. The van der Waals surface area contributed by atoms with Crippen LogP contribution in [0, 0.1) is 5.92 Å². The lowest BCUT2D eigenvalue weighted by Crippen LogP contribution is -2.55. The summed E-state index contributed by atoms with van der Waals surface area (Å²) in [6, 6.07) is 11.4. The number of hydrogen-bond acceptors (Lipinski definition) is 7. The first kappa shape index (κ1) is 30.3. The number of carbonyl (C=O) groups is 4. The Morgan fingerprint density at radius 1 is 1.05 bits per heavy atom. The number of amides is 3. The van der Waals surface area contributed by atoms with Gasteiger partial charge in [0.05, 0.1) is 12.6 Å². The van der Waals surface area contributed by atoms with Crippen molar-refractivity contribution in [2.24, 2.45) is 5.92 Å². The molecule has 2 aliphatic heterocycles. The van der Waals surface area contributed by atoms with E-state index >= 15 is 0 Å². The van der Waals surface area contributed by atoms with Crippen LogP contribution in [0.1, 0.15) is 51.5 Å². The van der Waals surface area contributed by atoms with E-state index in [9.17, 15) is 27.6 Å². The molecule has 0 saturated carbocycles. The fraction of sp³-hybridized carbons (Fsp3) is 0.483. The zero-order valence-corrected chi connectivity index (χ0v) is 24.2. The number of rotatable bonds is 10. The molecule has 11 nitrogen and oxygen atoms in total. The van der Waals surface area contributed by atoms with Crippen LogP contribution in [0.5, 0.6) is 0 Å². The van der Waals surface area contributed by atoms with Crippen LogP contribution in [0.3, 0.4) is 0 Å². The van der Waals surface area contributed by atoms with Crippen LogP contribution in [-0.4, -0.2) is 77.3 Å². The zero-order chi connectivity index (χ0) is 29.6. The molecule has 0 aliphatic carbocycles. The summed E-state index contributed by atoms with van der Waals surface area (Å²) >= 11 is 0. The molecule has 2 saturated heterocycles. The first-order valence-electron chi connectivity index (χ1n) is 13.9. The average molecular weight is 584 g/mol. The molecule has 3 heterocycles. The number of nitrogens with one attached hydrogen (secondary N) is 2. The molecule has 1 aromatic heterocycles. The second-order valence-corrected chi connectivity index (χ2v) is 12.8. The Labute approximate surface area is 240 Å². The Bertz CT molecular complexity index is 1350. The Balaban J connectivity index is 1.41. The summed E-state index contributed by atoms with van der Waals surface area (Å²) in [5.41, 5.74) is 0.906. The summed E-state index contributed by atoms with van der Waals surface area (Å²) in [5, 5.41) is 5.45. The van der Waals surface area contributed by atoms with Crippen LogP contribution >= 0.6 is 0 Å². The summed E-state index contributed by atoms with van der Waals surface area (Å²) in [6.07, 6.45) is 2.94. The van der Waals surface area contributed by atoms with Gasteiger partial charge in [0, 0.05) is 25.7 Å². The van der Waals surface area contributed by atoms with Gasteiger partial charge in [-0.1, -0.05) is 50.2 Å². The van der Waals surface area contributed by atoms with Crippen molar-refractivity contribution in [2.75, 3.05) is 13.1 Å². The molecule has 2 aliphatic rings. The molecule has 4 rings (SSSR count). The third-order valence-electron chi connectivity index (χ3n) is 7.35. The number of benzene rings is 1. The largest absolute Gasteiger partial charge is 0.344 e. The maximum Gasteiger partial charge on any atom is 0.260 e. The molecule has 0 radical (unpaired) electrons. The highest BCUT2D eigenvalue weighted by atomic mass is 32.2. The number of aromatic nitrogens is 1. The SMILES string of the molecule is CC(C)C[C@H](NC(=O)[C@H]1CCC(=O)N1Cc1ccccc1)C(=O)NC1CCCN(S(=O)(=O)c2ccccn2)CC1=O. The standard InChI is InChI=1S/C29H37N5O6S/c1-20(2)17-23(32-29(38)24-13-14-27(36)34(24)18-21-9-4-3-5-10-21)28(37)31-22-11-8-16-33(19-25(22)35)41(39,40)26-12-6-7-15-30-26/h3-7,9-10,12,15,20,22-24H,8,11,13-14,16-19H2,1-2H3,(H,31,37)(H,32,38)/t22?,23-,24+/m0/s1. The number of nitrogens with zero attached hydrogens (tertiary/aromatic N) is 3. The molecule has 2 fully saturated rings. The minimum Gasteiger partial charge on any atom is -0.344 e. The van der Waals surface area contributed by atoms with E-state index in [2.05, 4.69) is 15.6 Å². The van der Waals surface area contributed by atoms with Crippen molar-refractivity contribution in [1.82, 2.24) is 24.8 Å². The second kappa shape index (κ2) is 13.3. The molecule has 2 aromatic rings. The van der Waals surface area contributed by atoms with Crippen molar-refractivity contribution >= 4 is 33.5 Å². The Kier molecular flexibility index (Phi) is 9.87. The van der Waals surface area contributed by atoms with Gasteiger partial charge in [-0.25, -0.2) is 13.4 Å². The molecule has 41 heavy (non-hydrogen) atoms. The molecule has 12 heteroatoms. The summed E-state index contributed by atoms with van der Waals surface area (Å²) < 4.78 is 27.1.